The second-order valence-electron chi connectivity index (χ2n) is 1.98. The first-order valence-electron chi connectivity index (χ1n) is 3.41. The van der Waals surface area contributed by atoms with Crippen LogP contribution in [0.3, 0.4) is 0 Å². The molecule has 0 spiro atoms. The highest BCUT2D eigenvalue weighted by molar-refractivity contribution is 14.1. The maximum absolute atomic E-state index is 3.04. The smallest absolute Gasteiger partial charge is 0.0183 e. The summed E-state index contributed by atoms with van der Waals surface area (Å²) in [5, 5.41) is 0. The number of halogens is 1. The monoisotopic (exact) mass is 236 g/mol. The van der Waals surface area contributed by atoms with Gasteiger partial charge in [-0.25, -0.2) is 0 Å². The molecule has 0 N–H and O–H groups in total. The second kappa shape index (κ2) is 8.25. The third-order valence-electron chi connectivity index (χ3n) is 1.13. The largest absolute Gasteiger partial charge is 0.119 e. The van der Waals surface area contributed by atoms with Crippen LogP contribution in [-0.4, -0.2) is 0 Å². The fourth-order valence-corrected chi connectivity index (χ4v) is 0.879. The van der Waals surface area contributed by atoms with Gasteiger partial charge in [-0.05, 0) is 41.5 Å². The standard InChI is InChI=1S/C8H13I/c1-2-3-4-5-6-7-8-9/h6,8H,2-5H2,1H3. The molecule has 0 aromatic carbocycles. The van der Waals surface area contributed by atoms with Crippen LogP contribution >= 0.6 is 22.6 Å². The van der Waals surface area contributed by atoms with Crippen molar-refractivity contribution in [1.29, 1.82) is 0 Å². The molecular weight excluding hydrogens is 223 g/mol. The molecule has 0 saturated carbocycles. The van der Waals surface area contributed by atoms with Gasteiger partial charge in [0.15, 0.2) is 0 Å². The van der Waals surface area contributed by atoms with E-state index >= 15 is 0 Å². The Morgan fingerprint density at radius 1 is 1.44 bits per heavy atom. The number of hydrogen-bond donors (Lipinski definition) is 0. The number of allylic oxidation sites excluding steroid dienone is 1. The molecule has 0 unspecified atom stereocenters. The summed E-state index contributed by atoms with van der Waals surface area (Å²) in [5.74, 6) is 0. The van der Waals surface area contributed by atoms with Crippen molar-refractivity contribution in [1.82, 2.24) is 0 Å². The molecule has 0 aliphatic carbocycles. The highest BCUT2D eigenvalue weighted by Crippen LogP contribution is 1.98. The first-order valence-corrected chi connectivity index (χ1v) is 4.66. The van der Waals surface area contributed by atoms with Gasteiger partial charge in [-0.3, -0.25) is 0 Å². The van der Waals surface area contributed by atoms with Crippen LogP contribution in [0.25, 0.3) is 0 Å². The fourth-order valence-electron chi connectivity index (χ4n) is 0.624. The van der Waals surface area contributed by atoms with E-state index in [0.29, 0.717) is 0 Å². The van der Waals surface area contributed by atoms with Crippen molar-refractivity contribution in [2.24, 2.45) is 0 Å². The highest BCUT2D eigenvalue weighted by Gasteiger charge is 1.78. The summed E-state index contributed by atoms with van der Waals surface area (Å²) in [6, 6.07) is 0. The van der Waals surface area contributed by atoms with Gasteiger partial charge in [0.2, 0.25) is 0 Å². The van der Waals surface area contributed by atoms with E-state index in [2.05, 4.69) is 41.3 Å². The molecule has 0 aliphatic heterocycles. The van der Waals surface area contributed by atoms with Crippen molar-refractivity contribution in [2.75, 3.05) is 0 Å². The van der Waals surface area contributed by atoms with E-state index in [9.17, 15) is 0 Å². The normalized spacial score (nSPS) is 8.22. The molecule has 0 nitrogen and oxygen atoms in total. The maximum Gasteiger partial charge on any atom is 0.0183 e. The molecule has 9 heavy (non-hydrogen) atoms. The van der Waals surface area contributed by atoms with Crippen LogP contribution in [0.4, 0.5) is 0 Å². The van der Waals surface area contributed by atoms with E-state index in [1.54, 1.807) is 0 Å². The summed E-state index contributed by atoms with van der Waals surface area (Å²) in [5.41, 5.74) is 3.04. The minimum absolute atomic E-state index is 1.19. The highest BCUT2D eigenvalue weighted by atomic mass is 127. The molecule has 0 fully saturated rings. The lowest BCUT2D eigenvalue weighted by molar-refractivity contribution is 0.729. The summed E-state index contributed by atoms with van der Waals surface area (Å²) in [6.45, 7) is 2.22. The van der Waals surface area contributed by atoms with Gasteiger partial charge >= 0.3 is 0 Å². The predicted molar refractivity (Wildman–Crippen MR) is 50.8 cm³/mol. The minimum atomic E-state index is 1.19. The van der Waals surface area contributed by atoms with Gasteiger partial charge in [0.05, 0.1) is 0 Å². The summed E-state index contributed by atoms with van der Waals surface area (Å²) in [4.78, 5) is 0. The summed E-state index contributed by atoms with van der Waals surface area (Å²) < 4.78 is 1.92. The van der Waals surface area contributed by atoms with Crippen molar-refractivity contribution in [2.45, 2.75) is 32.6 Å². The van der Waals surface area contributed by atoms with Gasteiger partial charge in [-0.2, -0.15) is 0 Å². The maximum atomic E-state index is 3.04. The van der Waals surface area contributed by atoms with E-state index < -0.39 is 0 Å². The van der Waals surface area contributed by atoms with Gasteiger partial charge in [-0.1, -0.05) is 19.8 Å². The van der Waals surface area contributed by atoms with Crippen LogP contribution in [-0.2, 0) is 0 Å². The van der Waals surface area contributed by atoms with Crippen LogP contribution in [0.5, 0.6) is 0 Å². The number of rotatable bonds is 4. The Kier molecular flexibility index (Phi) is 8.48. The molecule has 1 heteroatoms. The van der Waals surface area contributed by atoms with Crippen LogP contribution in [0.2, 0.25) is 0 Å². The Labute approximate surface area is 71.2 Å². The van der Waals surface area contributed by atoms with Crippen molar-refractivity contribution < 1.29 is 0 Å². The SMILES string of the molecule is CCCCCC=C=CI. The molecule has 0 rings (SSSR count). The lowest BCUT2D eigenvalue weighted by atomic mass is 10.2. The third kappa shape index (κ3) is 8.25. The molecule has 0 radical (unpaired) electrons. The molecule has 0 aromatic rings. The average Bonchev–Trinajstić information content (AvgIpc) is 1.89. The Morgan fingerprint density at radius 3 is 2.78 bits per heavy atom. The van der Waals surface area contributed by atoms with Crippen LogP contribution in [0.15, 0.2) is 15.9 Å². The zero-order valence-electron chi connectivity index (χ0n) is 5.86. The van der Waals surface area contributed by atoms with E-state index in [1.165, 1.54) is 25.7 Å². The molecule has 0 atom stereocenters. The summed E-state index contributed by atoms with van der Waals surface area (Å²) in [7, 11) is 0. The molecule has 0 aromatic heterocycles. The van der Waals surface area contributed by atoms with Gasteiger partial charge < -0.3 is 0 Å². The lowest BCUT2D eigenvalue weighted by Crippen LogP contribution is -1.68. The molecule has 0 saturated heterocycles. The van der Waals surface area contributed by atoms with E-state index in [1.807, 2.05) is 4.08 Å². The number of hydrogen-bond acceptors (Lipinski definition) is 0. The Hall–Kier alpha value is 0.250. The van der Waals surface area contributed by atoms with Crippen LogP contribution < -0.4 is 0 Å². The molecule has 0 bridgehead atoms. The first kappa shape index (κ1) is 9.25. The average molecular weight is 236 g/mol. The third-order valence-corrected chi connectivity index (χ3v) is 1.49. The molecule has 52 valence electrons. The summed E-state index contributed by atoms with van der Waals surface area (Å²) in [6.07, 6.45) is 7.25. The van der Waals surface area contributed by atoms with Crippen molar-refractivity contribution in [3.8, 4) is 0 Å². The Morgan fingerprint density at radius 2 is 2.22 bits per heavy atom. The quantitative estimate of drug-likeness (QED) is 0.397. The van der Waals surface area contributed by atoms with Gasteiger partial charge in [-0.15, -0.1) is 5.73 Å². The van der Waals surface area contributed by atoms with Crippen molar-refractivity contribution in [3.05, 3.63) is 15.9 Å². The fraction of sp³-hybridized carbons (Fsp3) is 0.625. The van der Waals surface area contributed by atoms with Gasteiger partial charge in [0.25, 0.3) is 0 Å². The zero-order valence-corrected chi connectivity index (χ0v) is 8.02. The molecule has 0 amide bonds. The van der Waals surface area contributed by atoms with E-state index in [4.69, 9.17) is 0 Å². The van der Waals surface area contributed by atoms with Gasteiger partial charge in [0.1, 0.15) is 0 Å². The predicted octanol–water partition coefficient (Wildman–Crippen LogP) is 3.67. The van der Waals surface area contributed by atoms with E-state index in [0.717, 1.165) is 0 Å². The lowest BCUT2D eigenvalue weighted by Gasteiger charge is -1.87. The molecular formula is C8H13I. The van der Waals surface area contributed by atoms with Crippen molar-refractivity contribution >= 4 is 22.6 Å². The second-order valence-corrected chi connectivity index (χ2v) is 2.60. The van der Waals surface area contributed by atoms with Gasteiger partial charge in [0, 0.05) is 4.08 Å². The minimum Gasteiger partial charge on any atom is -0.119 e. The zero-order chi connectivity index (χ0) is 6.95. The Bertz CT molecular complexity index is 99.1. The van der Waals surface area contributed by atoms with Crippen LogP contribution in [0, 0.1) is 0 Å². The van der Waals surface area contributed by atoms with E-state index in [-0.39, 0.29) is 0 Å². The molecule has 0 heterocycles. The van der Waals surface area contributed by atoms with Crippen molar-refractivity contribution in [3.63, 3.8) is 0 Å². The summed E-state index contributed by atoms with van der Waals surface area (Å²) >= 11 is 2.18. The topological polar surface area (TPSA) is 0 Å². The Balaban J connectivity index is 3.00. The first-order chi connectivity index (χ1) is 4.41. The molecule has 0 aliphatic rings. The number of unbranched alkanes of at least 4 members (excludes halogenated alkanes) is 3. The van der Waals surface area contributed by atoms with Crippen LogP contribution in [0.1, 0.15) is 32.6 Å².